The minimum atomic E-state index is -1.20. The number of cyclic esters (lactones) is 1. The van der Waals surface area contributed by atoms with Gasteiger partial charge in [-0.25, -0.2) is 0 Å². The summed E-state index contributed by atoms with van der Waals surface area (Å²) in [5, 5.41) is 7.58. The number of hydrogen-bond acceptors (Lipinski definition) is 7. The van der Waals surface area contributed by atoms with Crippen LogP contribution in [0.5, 0.6) is 0 Å². The van der Waals surface area contributed by atoms with Gasteiger partial charge in [0.25, 0.3) is 5.91 Å². The van der Waals surface area contributed by atoms with Crippen molar-refractivity contribution in [1.82, 2.24) is 25.8 Å². The maximum absolute atomic E-state index is 13.3. The van der Waals surface area contributed by atoms with Crippen LogP contribution < -0.4 is 16.0 Å². The molecule has 1 fully saturated rings. The van der Waals surface area contributed by atoms with Crippen molar-refractivity contribution in [3.8, 4) is 0 Å². The maximum atomic E-state index is 13.3. The minimum absolute atomic E-state index is 0.0555. The molecule has 12 heteroatoms. The Morgan fingerprint density at radius 1 is 0.974 bits per heavy atom. The van der Waals surface area contributed by atoms with Crippen LogP contribution in [0.3, 0.4) is 0 Å². The lowest BCUT2D eigenvalue weighted by atomic mass is 10.1. The highest BCUT2D eigenvalue weighted by Gasteiger charge is 2.30. The minimum Gasteiger partial charge on any atom is -0.451 e. The molecular weight excluding hydrogens is 494 g/mol. The molecule has 0 bridgehead atoms. The van der Waals surface area contributed by atoms with Crippen LogP contribution in [0.15, 0.2) is 30.3 Å². The fourth-order valence-electron chi connectivity index (χ4n) is 3.61. The summed E-state index contributed by atoms with van der Waals surface area (Å²) in [6, 6.07) is 8.93. The Balaban J connectivity index is 2.36. The second-order valence-electron chi connectivity index (χ2n) is 10.4. The zero-order valence-electron chi connectivity index (χ0n) is 22.5. The summed E-state index contributed by atoms with van der Waals surface area (Å²) in [6.07, 6.45) is -1.20. The van der Waals surface area contributed by atoms with Gasteiger partial charge in [-0.1, -0.05) is 44.2 Å². The number of rotatable bonds is 5. The van der Waals surface area contributed by atoms with Crippen LogP contribution >= 0.6 is 0 Å². The van der Waals surface area contributed by atoms with E-state index in [1.807, 2.05) is 6.07 Å². The third kappa shape index (κ3) is 10.2. The summed E-state index contributed by atoms with van der Waals surface area (Å²) in [4.78, 5) is 78.9. The largest absolute Gasteiger partial charge is 0.451 e. The Kier molecular flexibility index (Phi) is 10.8. The molecule has 1 aliphatic heterocycles. The van der Waals surface area contributed by atoms with Crippen molar-refractivity contribution >= 4 is 35.5 Å². The Labute approximate surface area is 222 Å². The van der Waals surface area contributed by atoms with E-state index in [1.165, 1.54) is 4.90 Å². The Morgan fingerprint density at radius 3 is 2.24 bits per heavy atom. The van der Waals surface area contributed by atoms with Gasteiger partial charge in [-0.2, -0.15) is 0 Å². The zero-order chi connectivity index (χ0) is 28.5. The van der Waals surface area contributed by atoms with Crippen molar-refractivity contribution in [3.63, 3.8) is 0 Å². The summed E-state index contributed by atoms with van der Waals surface area (Å²) in [5.74, 6) is -4.38. The summed E-state index contributed by atoms with van der Waals surface area (Å²) >= 11 is 0. The number of nitrogens with one attached hydrogen (secondary N) is 3. The fraction of sp³-hybridized carbons (Fsp3) is 0.538. The lowest BCUT2D eigenvalue weighted by molar-refractivity contribution is -0.158. The molecule has 0 saturated carbocycles. The van der Waals surface area contributed by atoms with E-state index in [4.69, 9.17) is 4.74 Å². The first-order valence-electron chi connectivity index (χ1n) is 12.4. The monoisotopic (exact) mass is 531 g/mol. The zero-order valence-corrected chi connectivity index (χ0v) is 22.5. The van der Waals surface area contributed by atoms with Gasteiger partial charge in [-0.05, 0) is 32.3 Å². The maximum Gasteiger partial charge on any atom is 0.326 e. The van der Waals surface area contributed by atoms with Crippen LogP contribution in [0.25, 0.3) is 0 Å². The second kappa shape index (κ2) is 13.5. The lowest BCUT2D eigenvalue weighted by Gasteiger charge is -2.28. The van der Waals surface area contributed by atoms with Crippen molar-refractivity contribution in [2.24, 2.45) is 5.92 Å². The van der Waals surface area contributed by atoms with Crippen molar-refractivity contribution < 1.29 is 33.5 Å². The van der Waals surface area contributed by atoms with Gasteiger partial charge in [0.2, 0.25) is 23.6 Å². The first-order valence-corrected chi connectivity index (χ1v) is 12.4. The van der Waals surface area contributed by atoms with Crippen LogP contribution in [0.2, 0.25) is 0 Å². The quantitative estimate of drug-likeness (QED) is 0.436. The molecule has 1 aromatic carbocycles. The summed E-state index contributed by atoms with van der Waals surface area (Å²) in [6.45, 7) is 6.34. The number of carbonyl (C=O) groups excluding carboxylic acids is 6. The molecule has 1 heterocycles. The highest BCUT2D eigenvalue weighted by atomic mass is 16.5. The van der Waals surface area contributed by atoms with Crippen molar-refractivity contribution in [2.75, 3.05) is 32.7 Å². The summed E-state index contributed by atoms with van der Waals surface area (Å²) in [5.41, 5.74) is 0.159. The predicted octanol–water partition coefficient (Wildman–Crippen LogP) is -0.428. The van der Waals surface area contributed by atoms with Gasteiger partial charge < -0.3 is 30.5 Å². The van der Waals surface area contributed by atoms with E-state index >= 15 is 0 Å². The molecule has 5 amide bonds. The molecular formula is C26H37N5O7. The highest BCUT2D eigenvalue weighted by Crippen LogP contribution is 2.09. The molecule has 3 N–H and O–H groups in total. The van der Waals surface area contributed by atoms with Crippen LogP contribution in [0.4, 0.5) is 0 Å². The van der Waals surface area contributed by atoms with Crippen molar-refractivity contribution in [1.29, 1.82) is 0 Å². The van der Waals surface area contributed by atoms with Gasteiger partial charge in [0, 0.05) is 12.1 Å². The van der Waals surface area contributed by atoms with Gasteiger partial charge in [-0.15, -0.1) is 0 Å². The average molecular weight is 532 g/mol. The Morgan fingerprint density at radius 2 is 1.63 bits per heavy atom. The van der Waals surface area contributed by atoms with E-state index in [2.05, 4.69) is 16.0 Å². The van der Waals surface area contributed by atoms with Crippen LogP contribution in [0.1, 0.15) is 40.2 Å². The topological polar surface area (TPSA) is 154 Å². The number of nitrogens with zero attached hydrogens (tertiary/aromatic N) is 2. The standard InChI is InChI=1S/C26H37N5O7/c1-17(2)24-25(37)28-11-21(34)31(15-20(33)29-26(3,4)5)16-22(35)30(13-18-9-7-6-8-10-18)14-19(32)27-12-23(36)38-24/h6-10,17,24H,11-16H2,1-5H3,(H,27,32)(H,28,37)(H,29,33). The first-order chi connectivity index (χ1) is 17.7. The fourth-order valence-corrected chi connectivity index (χ4v) is 3.61. The Hall–Kier alpha value is -3.96. The van der Waals surface area contributed by atoms with Crippen LogP contribution in [-0.4, -0.2) is 89.7 Å². The van der Waals surface area contributed by atoms with Gasteiger partial charge in [0.05, 0.1) is 13.1 Å². The van der Waals surface area contributed by atoms with Crippen molar-refractivity contribution in [3.05, 3.63) is 35.9 Å². The van der Waals surface area contributed by atoms with E-state index in [1.54, 1.807) is 58.9 Å². The van der Waals surface area contributed by atoms with Gasteiger partial charge in [-0.3, -0.25) is 28.8 Å². The summed E-state index contributed by atoms with van der Waals surface area (Å²) < 4.78 is 5.24. The molecule has 38 heavy (non-hydrogen) atoms. The third-order valence-corrected chi connectivity index (χ3v) is 5.40. The smallest absolute Gasteiger partial charge is 0.326 e. The van der Waals surface area contributed by atoms with E-state index in [9.17, 15) is 28.8 Å². The molecule has 1 saturated heterocycles. The molecule has 0 radical (unpaired) electrons. The number of amides is 5. The molecule has 208 valence electrons. The average Bonchev–Trinajstić information content (AvgIpc) is 2.82. The number of benzene rings is 1. The van der Waals surface area contributed by atoms with E-state index in [-0.39, 0.29) is 6.54 Å². The normalized spacial score (nSPS) is 18.8. The van der Waals surface area contributed by atoms with Gasteiger partial charge in [0.15, 0.2) is 6.10 Å². The van der Waals surface area contributed by atoms with Crippen LogP contribution in [-0.2, 0) is 40.0 Å². The molecule has 1 unspecified atom stereocenters. The van der Waals surface area contributed by atoms with Crippen LogP contribution in [0, 0.1) is 5.92 Å². The van der Waals surface area contributed by atoms with E-state index in [0.717, 1.165) is 10.5 Å². The SMILES string of the molecule is CC(C)C1OC(=O)CNC(=O)CN(Cc2ccccc2)C(=O)CN(CC(=O)NC(C)(C)C)C(=O)CNC1=O. The number of carbonyl (C=O) groups is 6. The molecule has 1 atom stereocenters. The third-order valence-electron chi connectivity index (χ3n) is 5.40. The molecule has 0 aromatic heterocycles. The number of hydrogen-bond donors (Lipinski definition) is 3. The highest BCUT2D eigenvalue weighted by molar-refractivity contribution is 5.94. The van der Waals surface area contributed by atoms with Crippen molar-refractivity contribution in [2.45, 2.75) is 52.8 Å². The Bertz CT molecular complexity index is 1040. The molecule has 2 rings (SSSR count). The second-order valence-corrected chi connectivity index (χ2v) is 10.4. The lowest BCUT2D eigenvalue weighted by Crippen LogP contribution is -2.53. The van der Waals surface area contributed by atoms with Gasteiger partial charge >= 0.3 is 5.97 Å². The number of esters is 1. The van der Waals surface area contributed by atoms with E-state index < -0.39 is 85.8 Å². The van der Waals surface area contributed by atoms with E-state index in [0.29, 0.717) is 0 Å². The first kappa shape index (κ1) is 30.3. The molecule has 12 nitrogen and oxygen atoms in total. The number of ether oxygens (including phenoxy) is 1. The molecule has 0 aliphatic carbocycles. The van der Waals surface area contributed by atoms with Gasteiger partial charge in [0.1, 0.15) is 19.6 Å². The molecule has 1 aliphatic rings. The molecule has 1 aromatic rings. The summed E-state index contributed by atoms with van der Waals surface area (Å²) in [7, 11) is 0. The predicted molar refractivity (Wildman–Crippen MR) is 137 cm³/mol. The molecule has 0 spiro atoms.